The Morgan fingerprint density at radius 2 is 2.08 bits per heavy atom. The summed E-state index contributed by atoms with van der Waals surface area (Å²) in [6.07, 6.45) is 0.768. The second-order valence-corrected chi connectivity index (χ2v) is 7.55. The quantitative estimate of drug-likeness (QED) is 0.456. The Bertz CT molecular complexity index is 804. The molecule has 0 saturated heterocycles. The maximum Gasteiger partial charge on any atom is 0.248 e. The van der Waals surface area contributed by atoms with Crippen molar-refractivity contribution in [2.24, 2.45) is 0 Å². The standard InChI is InChI=1S/C17H16ClN3O2S2/c18-13-1-3-14(4-2-13)25-10-8-19-15(22)5-6-16-20-21-17(23-16)12-7-9-24-11-12/h1-4,7,9,11H,5-6,8,10H2,(H,19,22). The lowest BCUT2D eigenvalue weighted by molar-refractivity contribution is -0.121. The maximum atomic E-state index is 11.9. The lowest BCUT2D eigenvalue weighted by Gasteiger charge is -2.04. The van der Waals surface area contributed by atoms with Gasteiger partial charge in [-0.05, 0) is 35.7 Å². The van der Waals surface area contributed by atoms with Crippen LogP contribution in [0.4, 0.5) is 0 Å². The number of amides is 1. The van der Waals surface area contributed by atoms with Gasteiger partial charge in [0.05, 0.1) is 0 Å². The first-order chi connectivity index (χ1) is 12.2. The van der Waals surface area contributed by atoms with E-state index in [-0.39, 0.29) is 5.91 Å². The van der Waals surface area contributed by atoms with E-state index in [1.54, 1.807) is 23.1 Å². The van der Waals surface area contributed by atoms with Crippen LogP contribution in [0.25, 0.3) is 11.5 Å². The molecule has 8 heteroatoms. The summed E-state index contributed by atoms with van der Waals surface area (Å²) in [5.74, 6) is 1.76. The molecular weight excluding hydrogens is 378 g/mol. The van der Waals surface area contributed by atoms with Crippen LogP contribution in [0.15, 0.2) is 50.4 Å². The van der Waals surface area contributed by atoms with E-state index in [1.807, 2.05) is 41.1 Å². The summed E-state index contributed by atoms with van der Waals surface area (Å²) < 4.78 is 5.56. The summed E-state index contributed by atoms with van der Waals surface area (Å²) in [4.78, 5) is 13.0. The summed E-state index contributed by atoms with van der Waals surface area (Å²) in [6, 6.07) is 9.58. The van der Waals surface area contributed by atoms with Crippen LogP contribution in [-0.2, 0) is 11.2 Å². The number of nitrogens with one attached hydrogen (secondary N) is 1. The summed E-state index contributed by atoms with van der Waals surface area (Å²) in [7, 11) is 0. The minimum atomic E-state index is -0.0213. The van der Waals surface area contributed by atoms with Crippen molar-refractivity contribution in [3.05, 3.63) is 52.0 Å². The monoisotopic (exact) mass is 393 g/mol. The van der Waals surface area contributed by atoms with Crippen molar-refractivity contribution in [1.29, 1.82) is 0 Å². The Morgan fingerprint density at radius 1 is 1.24 bits per heavy atom. The number of aryl methyl sites for hydroxylation is 1. The molecule has 0 unspecified atom stereocenters. The van der Waals surface area contributed by atoms with E-state index in [9.17, 15) is 4.79 Å². The average Bonchev–Trinajstić information content (AvgIpc) is 3.29. The fraction of sp³-hybridized carbons (Fsp3) is 0.235. The Hall–Kier alpha value is -1.83. The van der Waals surface area contributed by atoms with Crippen molar-refractivity contribution >= 4 is 40.6 Å². The highest BCUT2D eigenvalue weighted by molar-refractivity contribution is 7.99. The third-order valence-corrected chi connectivity index (χ3v) is 5.26. The zero-order chi connectivity index (χ0) is 17.5. The van der Waals surface area contributed by atoms with E-state index in [0.717, 1.165) is 21.2 Å². The van der Waals surface area contributed by atoms with Crippen molar-refractivity contribution in [1.82, 2.24) is 15.5 Å². The molecule has 130 valence electrons. The number of benzene rings is 1. The van der Waals surface area contributed by atoms with Crippen LogP contribution in [-0.4, -0.2) is 28.4 Å². The number of halogens is 1. The van der Waals surface area contributed by atoms with Crippen LogP contribution in [0.5, 0.6) is 0 Å². The molecule has 0 aliphatic carbocycles. The predicted molar refractivity (Wildman–Crippen MR) is 101 cm³/mol. The molecule has 0 atom stereocenters. The molecule has 3 rings (SSSR count). The van der Waals surface area contributed by atoms with Crippen molar-refractivity contribution in [2.75, 3.05) is 12.3 Å². The number of hydrogen-bond donors (Lipinski definition) is 1. The molecule has 25 heavy (non-hydrogen) atoms. The minimum absolute atomic E-state index is 0.0213. The van der Waals surface area contributed by atoms with Crippen molar-refractivity contribution in [3.8, 4) is 11.5 Å². The van der Waals surface area contributed by atoms with Gasteiger partial charge < -0.3 is 9.73 Å². The normalized spacial score (nSPS) is 10.8. The second kappa shape index (κ2) is 9.03. The highest BCUT2D eigenvalue weighted by Gasteiger charge is 2.10. The third kappa shape index (κ3) is 5.59. The van der Waals surface area contributed by atoms with Gasteiger partial charge in [-0.15, -0.1) is 22.0 Å². The molecule has 2 heterocycles. The Kier molecular flexibility index (Phi) is 6.49. The second-order valence-electron chi connectivity index (χ2n) is 5.17. The molecule has 3 aromatic rings. The van der Waals surface area contributed by atoms with Crippen LogP contribution in [0.2, 0.25) is 5.02 Å². The summed E-state index contributed by atoms with van der Waals surface area (Å²) in [6.45, 7) is 0.607. The molecule has 0 bridgehead atoms. The molecule has 0 aliphatic heterocycles. The zero-order valence-electron chi connectivity index (χ0n) is 13.3. The molecule has 1 aromatic carbocycles. The van der Waals surface area contributed by atoms with Gasteiger partial charge in [0, 0.05) is 46.0 Å². The van der Waals surface area contributed by atoms with Crippen LogP contribution in [0.3, 0.4) is 0 Å². The van der Waals surface area contributed by atoms with Crippen molar-refractivity contribution in [2.45, 2.75) is 17.7 Å². The molecule has 5 nitrogen and oxygen atoms in total. The molecule has 0 fully saturated rings. The van der Waals surface area contributed by atoms with Gasteiger partial charge in [-0.25, -0.2) is 0 Å². The van der Waals surface area contributed by atoms with Gasteiger partial charge in [0.15, 0.2) is 0 Å². The van der Waals surface area contributed by atoms with Crippen LogP contribution in [0, 0.1) is 0 Å². The Labute approximate surface area is 158 Å². The van der Waals surface area contributed by atoms with Gasteiger partial charge >= 0.3 is 0 Å². The van der Waals surface area contributed by atoms with Gasteiger partial charge in [0.1, 0.15) is 0 Å². The number of aromatic nitrogens is 2. The van der Waals surface area contributed by atoms with E-state index in [1.165, 1.54) is 0 Å². The first-order valence-corrected chi connectivity index (χ1v) is 10.0. The predicted octanol–water partition coefficient (Wildman–Crippen LogP) is 4.29. The highest BCUT2D eigenvalue weighted by atomic mass is 35.5. The molecule has 1 amide bonds. The van der Waals surface area contributed by atoms with Gasteiger partial charge in [0.25, 0.3) is 0 Å². The number of carbonyl (C=O) groups excluding carboxylic acids is 1. The van der Waals surface area contributed by atoms with Gasteiger partial charge in [0.2, 0.25) is 17.7 Å². The molecule has 2 aromatic heterocycles. The molecule has 0 radical (unpaired) electrons. The third-order valence-electron chi connectivity index (χ3n) is 3.31. The van der Waals surface area contributed by atoms with Gasteiger partial charge in [-0.3, -0.25) is 4.79 Å². The Balaban J connectivity index is 1.35. The number of hydrogen-bond acceptors (Lipinski definition) is 6. The van der Waals surface area contributed by atoms with E-state index in [4.69, 9.17) is 16.0 Å². The molecule has 1 N–H and O–H groups in total. The number of thioether (sulfide) groups is 1. The molecular formula is C17H16ClN3O2S2. The average molecular weight is 394 g/mol. The fourth-order valence-corrected chi connectivity index (χ4v) is 3.58. The van der Waals surface area contributed by atoms with Crippen molar-refractivity contribution in [3.63, 3.8) is 0 Å². The summed E-state index contributed by atoms with van der Waals surface area (Å²) in [5.41, 5.74) is 0.910. The van der Waals surface area contributed by atoms with Crippen molar-refractivity contribution < 1.29 is 9.21 Å². The largest absolute Gasteiger partial charge is 0.421 e. The lowest BCUT2D eigenvalue weighted by atomic mass is 10.3. The zero-order valence-corrected chi connectivity index (χ0v) is 15.7. The first-order valence-electron chi connectivity index (χ1n) is 7.71. The van der Waals surface area contributed by atoms with Gasteiger partial charge in [-0.2, -0.15) is 11.3 Å². The number of carbonyl (C=O) groups is 1. The van der Waals surface area contributed by atoms with E-state index in [0.29, 0.717) is 31.2 Å². The molecule has 0 spiro atoms. The van der Waals surface area contributed by atoms with Gasteiger partial charge in [-0.1, -0.05) is 11.6 Å². The van der Waals surface area contributed by atoms with Crippen LogP contribution >= 0.6 is 34.7 Å². The fourth-order valence-electron chi connectivity index (χ4n) is 2.06. The summed E-state index contributed by atoms with van der Waals surface area (Å²) >= 11 is 9.09. The van der Waals surface area contributed by atoms with E-state index >= 15 is 0 Å². The van der Waals surface area contributed by atoms with E-state index in [2.05, 4.69) is 15.5 Å². The van der Waals surface area contributed by atoms with E-state index < -0.39 is 0 Å². The first kappa shape index (κ1) is 18.0. The topological polar surface area (TPSA) is 68.0 Å². The van der Waals surface area contributed by atoms with Crippen LogP contribution < -0.4 is 5.32 Å². The minimum Gasteiger partial charge on any atom is -0.421 e. The summed E-state index contributed by atoms with van der Waals surface area (Å²) in [5, 5.41) is 15.5. The lowest BCUT2D eigenvalue weighted by Crippen LogP contribution is -2.25. The maximum absolute atomic E-state index is 11.9. The number of rotatable bonds is 8. The Morgan fingerprint density at radius 3 is 2.84 bits per heavy atom. The number of nitrogens with zero attached hydrogens (tertiary/aromatic N) is 2. The number of thiophene rings is 1. The highest BCUT2D eigenvalue weighted by Crippen LogP contribution is 2.21. The molecule has 0 saturated carbocycles. The smallest absolute Gasteiger partial charge is 0.248 e. The molecule has 0 aliphatic rings. The van der Waals surface area contributed by atoms with Crippen LogP contribution in [0.1, 0.15) is 12.3 Å². The SMILES string of the molecule is O=C(CCc1nnc(-c2ccsc2)o1)NCCSc1ccc(Cl)cc1.